The van der Waals surface area contributed by atoms with Crippen LogP contribution in [-0.4, -0.2) is 30.6 Å². The van der Waals surface area contributed by atoms with E-state index < -0.39 is 5.97 Å². The molecule has 0 heterocycles. The highest BCUT2D eigenvalue weighted by Gasteiger charge is 2.26. The van der Waals surface area contributed by atoms with Crippen molar-refractivity contribution in [2.45, 2.75) is 19.8 Å². The van der Waals surface area contributed by atoms with Crippen molar-refractivity contribution in [1.29, 1.82) is 0 Å². The van der Waals surface area contributed by atoms with Crippen LogP contribution < -0.4 is 9.64 Å². The largest absolute Gasteiger partial charge is 0.508 e. The summed E-state index contributed by atoms with van der Waals surface area (Å²) in [5, 5.41) is 9.75. The molecule has 0 bridgehead atoms. The summed E-state index contributed by atoms with van der Waals surface area (Å²) in [6, 6.07) is 11.4. The van der Waals surface area contributed by atoms with Gasteiger partial charge in [0.25, 0.3) is 0 Å². The van der Waals surface area contributed by atoms with Crippen LogP contribution in [0.15, 0.2) is 42.5 Å². The number of esters is 1. The SMILES string of the molecule is COC(=O)c1cc(O)cc(Oc2ccc(N(CC3CC3)C(C)=O)cc2)c1. The number of phenols is 1. The first-order chi connectivity index (χ1) is 12.5. The second-order valence-electron chi connectivity index (χ2n) is 6.38. The number of phenolic OH excluding ortho intramolecular Hbond substituents is 1. The van der Waals surface area contributed by atoms with Crippen molar-refractivity contribution in [3.05, 3.63) is 48.0 Å². The topological polar surface area (TPSA) is 76.1 Å². The molecular weight excluding hydrogens is 334 g/mol. The third-order valence-electron chi connectivity index (χ3n) is 4.21. The van der Waals surface area contributed by atoms with Gasteiger partial charge < -0.3 is 19.5 Å². The van der Waals surface area contributed by atoms with E-state index in [1.165, 1.54) is 38.2 Å². The highest BCUT2D eigenvalue weighted by atomic mass is 16.5. The zero-order valence-corrected chi connectivity index (χ0v) is 14.8. The van der Waals surface area contributed by atoms with Crippen molar-refractivity contribution < 1.29 is 24.2 Å². The van der Waals surface area contributed by atoms with E-state index in [9.17, 15) is 14.7 Å². The van der Waals surface area contributed by atoms with E-state index >= 15 is 0 Å². The Bertz CT molecular complexity index is 811. The lowest BCUT2D eigenvalue weighted by Gasteiger charge is -2.21. The van der Waals surface area contributed by atoms with Gasteiger partial charge >= 0.3 is 5.97 Å². The molecule has 1 N–H and O–H groups in total. The molecule has 1 saturated carbocycles. The first-order valence-corrected chi connectivity index (χ1v) is 8.44. The van der Waals surface area contributed by atoms with Crippen LogP contribution in [0, 0.1) is 5.92 Å². The fourth-order valence-electron chi connectivity index (χ4n) is 2.68. The highest BCUT2D eigenvalue weighted by Crippen LogP contribution is 2.33. The summed E-state index contributed by atoms with van der Waals surface area (Å²) in [6.07, 6.45) is 2.34. The molecule has 1 aliphatic carbocycles. The Morgan fingerprint density at radius 2 is 1.81 bits per heavy atom. The lowest BCUT2D eigenvalue weighted by molar-refractivity contribution is -0.116. The highest BCUT2D eigenvalue weighted by molar-refractivity contribution is 5.91. The van der Waals surface area contributed by atoms with E-state index in [0.29, 0.717) is 17.4 Å². The summed E-state index contributed by atoms with van der Waals surface area (Å²) >= 11 is 0. The van der Waals surface area contributed by atoms with Crippen molar-refractivity contribution in [2.24, 2.45) is 5.92 Å². The van der Waals surface area contributed by atoms with Crippen LogP contribution in [0.4, 0.5) is 5.69 Å². The zero-order valence-electron chi connectivity index (χ0n) is 14.8. The fraction of sp³-hybridized carbons (Fsp3) is 0.300. The predicted molar refractivity (Wildman–Crippen MR) is 96.7 cm³/mol. The quantitative estimate of drug-likeness (QED) is 0.799. The van der Waals surface area contributed by atoms with Crippen LogP contribution in [0.3, 0.4) is 0 Å². The number of rotatable bonds is 6. The molecule has 3 rings (SSSR count). The Balaban J connectivity index is 1.75. The molecule has 1 amide bonds. The van der Waals surface area contributed by atoms with Gasteiger partial charge in [-0.2, -0.15) is 0 Å². The van der Waals surface area contributed by atoms with Crippen molar-refractivity contribution in [2.75, 3.05) is 18.6 Å². The molecule has 6 heteroatoms. The Kier molecular flexibility index (Phi) is 5.11. The normalized spacial score (nSPS) is 13.2. The molecule has 0 saturated heterocycles. The van der Waals surface area contributed by atoms with E-state index in [-0.39, 0.29) is 17.2 Å². The third kappa shape index (κ3) is 4.33. The lowest BCUT2D eigenvalue weighted by Crippen LogP contribution is -2.30. The first-order valence-electron chi connectivity index (χ1n) is 8.44. The predicted octanol–water partition coefficient (Wildman–Crippen LogP) is 3.73. The number of carbonyl (C=O) groups is 2. The minimum absolute atomic E-state index is 0.0151. The molecule has 0 aliphatic heterocycles. The molecule has 0 unspecified atom stereocenters. The molecule has 136 valence electrons. The van der Waals surface area contributed by atoms with Gasteiger partial charge in [0.15, 0.2) is 0 Å². The maximum absolute atomic E-state index is 11.9. The standard InChI is InChI=1S/C20H21NO5/c1-13(22)21(12-14-3-4-14)16-5-7-18(8-6-16)26-19-10-15(20(24)25-2)9-17(23)11-19/h5-11,14,23H,3-4,12H2,1-2H3. The van der Waals surface area contributed by atoms with Gasteiger partial charge in [0, 0.05) is 25.2 Å². The van der Waals surface area contributed by atoms with E-state index in [4.69, 9.17) is 4.74 Å². The minimum Gasteiger partial charge on any atom is -0.508 e. The smallest absolute Gasteiger partial charge is 0.338 e. The van der Waals surface area contributed by atoms with Crippen LogP contribution in [0.1, 0.15) is 30.1 Å². The number of hydrogen-bond donors (Lipinski definition) is 1. The Labute approximate surface area is 152 Å². The van der Waals surface area contributed by atoms with Gasteiger partial charge in [-0.15, -0.1) is 0 Å². The fourth-order valence-corrected chi connectivity index (χ4v) is 2.68. The van der Waals surface area contributed by atoms with Gasteiger partial charge in [-0.1, -0.05) is 0 Å². The number of benzene rings is 2. The Hall–Kier alpha value is -3.02. The number of aromatic hydroxyl groups is 1. The summed E-state index contributed by atoms with van der Waals surface area (Å²) in [7, 11) is 1.27. The van der Waals surface area contributed by atoms with Crippen molar-refractivity contribution in [3.63, 3.8) is 0 Å². The number of methoxy groups -OCH3 is 1. The number of anilines is 1. The molecule has 2 aromatic carbocycles. The molecule has 0 radical (unpaired) electrons. The lowest BCUT2D eigenvalue weighted by atomic mass is 10.2. The molecule has 2 aromatic rings. The summed E-state index contributed by atoms with van der Waals surface area (Å²) in [5.41, 5.74) is 1.02. The molecule has 1 fully saturated rings. The number of carbonyl (C=O) groups excluding carboxylic acids is 2. The summed E-state index contributed by atoms with van der Waals surface area (Å²) in [6.45, 7) is 2.30. The van der Waals surface area contributed by atoms with Gasteiger partial charge in [-0.3, -0.25) is 4.79 Å². The first kappa shape index (κ1) is 17.8. The zero-order chi connectivity index (χ0) is 18.7. The molecule has 0 aromatic heterocycles. The number of nitrogens with zero attached hydrogens (tertiary/aromatic N) is 1. The van der Waals surface area contributed by atoms with Gasteiger partial charge in [0.2, 0.25) is 5.91 Å². The van der Waals surface area contributed by atoms with Crippen LogP contribution in [0.5, 0.6) is 17.2 Å². The van der Waals surface area contributed by atoms with Gasteiger partial charge in [-0.05, 0) is 55.2 Å². The molecule has 26 heavy (non-hydrogen) atoms. The van der Waals surface area contributed by atoms with Gasteiger partial charge in [0.05, 0.1) is 12.7 Å². The van der Waals surface area contributed by atoms with Crippen LogP contribution in [-0.2, 0) is 9.53 Å². The van der Waals surface area contributed by atoms with Crippen molar-refractivity contribution in [1.82, 2.24) is 0 Å². The molecular formula is C20H21NO5. The Morgan fingerprint density at radius 1 is 1.12 bits per heavy atom. The van der Waals surface area contributed by atoms with E-state index in [0.717, 1.165) is 12.2 Å². The van der Waals surface area contributed by atoms with E-state index in [1.807, 2.05) is 12.1 Å². The number of hydrogen-bond acceptors (Lipinski definition) is 5. The summed E-state index contributed by atoms with van der Waals surface area (Å²) < 4.78 is 10.4. The number of ether oxygens (including phenoxy) is 2. The summed E-state index contributed by atoms with van der Waals surface area (Å²) in [5.74, 6) is 0.815. The molecule has 6 nitrogen and oxygen atoms in total. The second-order valence-corrected chi connectivity index (χ2v) is 6.38. The van der Waals surface area contributed by atoms with Crippen molar-refractivity contribution in [3.8, 4) is 17.2 Å². The maximum Gasteiger partial charge on any atom is 0.338 e. The average molecular weight is 355 g/mol. The minimum atomic E-state index is -0.557. The van der Waals surface area contributed by atoms with Crippen molar-refractivity contribution >= 4 is 17.6 Å². The maximum atomic E-state index is 11.9. The second kappa shape index (κ2) is 7.47. The average Bonchev–Trinajstić information content (AvgIpc) is 3.43. The van der Waals surface area contributed by atoms with E-state index in [1.54, 1.807) is 24.0 Å². The van der Waals surface area contributed by atoms with E-state index in [2.05, 4.69) is 4.74 Å². The third-order valence-corrected chi connectivity index (χ3v) is 4.21. The van der Waals surface area contributed by atoms with Crippen LogP contribution >= 0.6 is 0 Å². The number of amides is 1. The monoisotopic (exact) mass is 355 g/mol. The molecule has 0 spiro atoms. The Morgan fingerprint density at radius 3 is 2.38 bits per heavy atom. The summed E-state index contributed by atoms with van der Waals surface area (Å²) in [4.78, 5) is 25.3. The van der Waals surface area contributed by atoms with Gasteiger partial charge in [0.1, 0.15) is 17.2 Å². The van der Waals surface area contributed by atoms with Crippen LogP contribution in [0.2, 0.25) is 0 Å². The molecule has 0 atom stereocenters. The van der Waals surface area contributed by atoms with Crippen LogP contribution in [0.25, 0.3) is 0 Å². The molecule has 1 aliphatic rings. The van der Waals surface area contributed by atoms with Gasteiger partial charge in [-0.25, -0.2) is 4.79 Å².